The van der Waals surface area contributed by atoms with Gasteiger partial charge in [0, 0.05) is 12.8 Å². The van der Waals surface area contributed by atoms with Gasteiger partial charge in [0.1, 0.15) is 5.78 Å². The van der Waals surface area contributed by atoms with Crippen molar-refractivity contribution in [2.24, 2.45) is 58.2 Å². The predicted molar refractivity (Wildman–Crippen MR) is 127 cm³/mol. The molecule has 1 unspecified atom stereocenters. The van der Waals surface area contributed by atoms with Crippen LogP contribution in [-0.4, -0.2) is 5.78 Å². The number of ketones is 1. The lowest BCUT2D eigenvalue weighted by atomic mass is 9.44. The summed E-state index contributed by atoms with van der Waals surface area (Å²) in [6, 6.07) is 0. The number of carbonyl (C=O) groups excluding carboxylic acids is 1. The molecule has 0 spiro atoms. The van der Waals surface area contributed by atoms with Crippen molar-refractivity contribution in [3.05, 3.63) is 12.2 Å². The summed E-state index contributed by atoms with van der Waals surface area (Å²) in [7, 11) is 0. The van der Waals surface area contributed by atoms with Crippen LogP contribution in [-0.2, 0) is 4.79 Å². The largest absolute Gasteiger partial charge is 0.300 e. The summed E-state index contributed by atoms with van der Waals surface area (Å²) >= 11 is 0. The maximum atomic E-state index is 12.1. The van der Waals surface area contributed by atoms with Gasteiger partial charge in [-0.05, 0) is 110 Å². The molecule has 4 fully saturated rings. The summed E-state index contributed by atoms with van der Waals surface area (Å²) in [4.78, 5) is 12.1. The first kappa shape index (κ1) is 22.6. The van der Waals surface area contributed by atoms with E-state index in [1.54, 1.807) is 0 Å². The Morgan fingerprint density at radius 2 is 1.67 bits per heavy atom. The van der Waals surface area contributed by atoms with Gasteiger partial charge in [0.15, 0.2) is 0 Å². The Balaban J connectivity index is 1.50. The van der Waals surface area contributed by atoms with E-state index in [1.165, 1.54) is 51.4 Å². The Morgan fingerprint density at radius 3 is 2.37 bits per heavy atom. The Labute approximate surface area is 186 Å². The van der Waals surface area contributed by atoms with Crippen molar-refractivity contribution >= 4 is 5.78 Å². The third kappa shape index (κ3) is 3.65. The Hall–Kier alpha value is -0.590. The van der Waals surface area contributed by atoms with Gasteiger partial charge in [-0.2, -0.15) is 0 Å². The summed E-state index contributed by atoms with van der Waals surface area (Å²) < 4.78 is 0. The van der Waals surface area contributed by atoms with Crippen LogP contribution in [0.15, 0.2) is 12.2 Å². The third-order valence-electron chi connectivity index (χ3n) is 11.2. The van der Waals surface area contributed by atoms with E-state index in [9.17, 15) is 4.79 Å². The van der Waals surface area contributed by atoms with E-state index in [-0.39, 0.29) is 0 Å². The molecule has 0 aliphatic heterocycles. The highest BCUT2D eigenvalue weighted by molar-refractivity contribution is 5.79. The Kier molecular flexibility index (Phi) is 6.33. The van der Waals surface area contributed by atoms with Gasteiger partial charge in [-0.3, -0.25) is 4.79 Å². The summed E-state index contributed by atoms with van der Waals surface area (Å²) in [6.45, 7) is 14.8. The topological polar surface area (TPSA) is 17.1 Å². The van der Waals surface area contributed by atoms with Crippen molar-refractivity contribution in [1.29, 1.82) is 0 Å². The zero-order chi connectivity index (χ0) is 21.7. The maximum absolute atomic E-state index is 12.1. The van der Waals surface area contributed by atoms with Crippen LogP contribution >= 0.6 is 0 Å². The molecule has 0 aromatic carbocycles. The van der Waals surface area contributed by atoms with Crippen molar-refractivity contribution < 1.29 is 4.79 Å². The van der Waals surface area contributed by atoms with E-state index in [0.29, 0.717) is 28.4 Å². The molecule has 4 rings (SSSR count). The second-order valence-corrected chi connectivity index (χ2v) is 12.7. The fraction of sp³-hybridized carbons (Fsp3) is 0.897. The van der Waals surface area contributed by atoms with Gasteiger partial charge in [-0.1, -0.05) is 53.7 Å². The second kappa shape index (κ2) is 8.40. The highest BCUT2D eigenvalue weighted by Gasteiger charge is 2.60. The van der Waals surface area contributed by atoms with E-state index < -0.39 is 0 Å². The molecule has 4 saturated carbocycles. The van der Waals surface area contributed by atoms with Crippen molar-refractivity contribution in [2.75, 3.05) is 0 Å². The van der Waals surface area contributed by atoms with Crippen LogP contribution in [0, 0.1) is 58.2 Å². The smallest absolute Gasteiger partial charge is 0.133 e. The SMILES string of the molecule is CC[C@H](/C=C/[C@@H](C)[C@H]1CC[C@H]2[C@@H]3CCC4CC(=O)CC[C@]4(C)[C@H]3CC[C@]12C)C(C)C. The molecule has 4 aliphatic rings. The lowest BCUT2D eigenvalue weighted by Crippen LogP contribution is -2.53. The molecule has 1 nitrogen and oxygen atoms in total. The number of hydrogen-bond donors (Lipinski definition) is 0. The lowest BCUT2D eigenvalue weighted by molar-refractivity contribution is -0.140. The van der Waals surface area contributed by atoms with Crippen LogP contribution in [0.2, 0.25) is 0 Å². The van der Waals surface area contributed by atoms with E-state index in [0.717, 1.165) is 48.3 Å². The van der Waals surface area contributed by atoms with Gasteiger partial charge in [-0.15, -0.1) is 0 Å². The molecule has 0 N–H and O–H groups in total. The van der Waals surface area contributed by atoms with E-state index in [1.807, 2.05) is 0 Å². The van der Waals surface area contributed by atoms with Crippen LogP contribution in [0.1, 0.15) is 106 Å². The summed E-state index contributed by atoms with van der Waals surface area (Å²) in [5, 5.41) is 0. The highest BCUT2D eigenvalue weighted by atomic mass is 16.1. The minimum absolute atomic E-state index is 0.452. The minimum atomic E-state index is 0.452. The summed E-state index contributed by atoms with van der Waals surface area (Å²) in [6.07, 6.45) is 17.8. The highest BCUT2D eigenvalue weighted by Crippen LogP contribution is 2.68. The molecule has 0 bridgehead atoms. The van der Waals surface area contributed by atoms with Crippen LogP contribution in [0.4, 0.5) is 0 Å². The van der Waals surface area contributed by atoms with E-state index in [2.05, 4.69) is 53.7 Å². The fourth-order valence-corrected chi connectivity index (χ4v) is 9.23. The first-order valence-corrected chi connectivity index (χ1v) is 13.4. The number of rotatable bonds is 5. The second-order valence-electron chi connectivity index (χ2n) is 12.7. The van der Waals surface area contributed by atoms with Crippen LogP contribution < -0.4 is 0 Å². The molecule has 9 atom stereocenters. The molecule has 1 heteroatoms. The van der Waals surface area contributed by atoms with Crippen LogP contribution in [0.3, 0.4) is 0 Å². The first-order valence-electron chi connectivity index (χ1n) is 13.4. The average molecular weight is 413 g/mol. The molecular weight excluding hydrogens is 364 g/mol. The first-order chi connectivity index (χ1) is 14.2. The molecule has 0 amide bonds. The van der Waals surface area contributed by atoms with Gasteiger partial charge >= 0.3 is 0 Å². The van der Waals surface area contributed by atoms with Crippen molar-refractivity contribution in [2.45, 2.75) is 106 Å². The lowest BCUT2D eigenvalue weighted by Gasteiger charge is -2.60. The molecule has 4 aliphatic carbocycles. The number of carbonyl (C=O) groups is 1. The monoisotopic (exact) mass is 412 g/mol. The molecule has 0 aromatic rings. The van der Waals surface area contributed by atoms with Gasteiger partial charge < -0.3 is 0 Å². The summed E-state index contributed by atoms with van der Waals surface area (Å²) in [5.74, 6) is 7.04. The standard InChI is InChI=1S/C29H48O/c1-7-21(19(2)3)9-8-20(4)25-12-13-26-24-11-10-22-18-23(30)14-16-28(22,5)27(24)15-17-29(25,26)6/h8-9,19-22,24-27H,7,10-18H2,1-6H3/b9-8+/t20-,21-,22?,24+,25-,26+,27+,28+,29-/m1/s1. The molecule has 170 valence electrons. The quantitative estimate of drug-likeness (QED) is 0.417. The van der Waals surface area contributed by atoms with Crippen molar-refractivity contribution in [1.82, 2.24) is 0 Å². The number of allylic oxidation sites excluding steroid dienone is 2. The number of fused-ring (bicyclic) bond motifs is 5. The molecule has 30 heavy (non-hydrogen) atoms. The van der Waals surface area contributed by atoms with Crippen molar-refractivity contribution in [3.8, 4) is 0 Å². The van der Waals surface area contributed by atoms with Gasteiger partial charge in [0.25, 0.3) is 0 Å². The zero-order valence-corrected chi connectivity index (χ0v) is 20.8. The average Bonchev–Trinajstić information content (AvgIpc) is 3.06. The van der Waals surface area contributed by atoms with Gasteiger partial charge in [0.05, 0.1) is 0 Å². The van der Waals surface area contributed by atoms with Gasteiger partial charge in [-0.25, -0.2) is 0 Å². The van der Waals surface area contributed by atoms with Crippen LogP contribution in [0.25, 0.3) is 0 Å². The molecule has 0 saturated heterocycles. The number of Topliss-reactive ketones (excluding diaryl/α,β-unsaturated/α-hetero) is 1. The normalized spacial score (nSPS) is 45.8. The Morgan fingerprint density at radius 1 is 0.933 bits per heavy atom. The molecule has 0 heterocycles. The number of hydrogen-bond acceptors (Lipinski definition) is 1. The van der Waals surface area contributed by atoms with E-state index in [4.69, 9.17) is 0 Å². The van der Waals surface area contributed by atoms with Crippen LogP contribution in [0.5, 0.6) is 0 Å². The Bertz CT molecular complexity index is 661. The predicted octanol–water partition coefficient (Wildman–Crippen LogP) is 8.09. The maximum Gasteiger partial charge on any atom is 0.133 e. The molecule has 0 radical (unpaired) electrons. The van der Waals surface area contributed by atoms with Gasteiger partial charge in [0.2, 0.25) is 0 Å². The summed E-state index contributed by atoms with van der Waals surface area (Å²) in [5.41, 5.74) is 0.992. The zero-order valence-electron chi connectivity index (χ0n) is 20.8. The fourth-order valence-electron chi connectivity index (χ4n) is 9.23. The van der Waals surface area contributed by atoms with Crippen molar-refractivity contribution in [3.63, 3.8) is 0 Å². The minimum Gasteiger partial charge on any atom is -0.300 e. The van der Waals surface area contributed by atoms with E-state index >= 15 is 0 Å². The molecule has 0 aromatic heterocycles. The molecular formula is C29H48O. The third-order valence-corrected chi connectivity index (χ3v) is 11.2.